The molecule has 0 heterocycles. The first-order chi connectivity index (χ1) is 25.2. The molecule has 2 aliphatic rings. The average molecular weight is 679 g/mol. The minimum Gasteiger partial charge on any atom is -0.233 e. The monoisotopic (exact) mass is 678 g/mol. The summed E-state index contributed by atoms with van der Waals surface area (Å²) in [5.41, 5.74) is 14.8. The van der Waals surface area contributed by atoms with Crippen molar-refractivity contribution in [2.75, 3.05) is 0 Å². The van der Waals surface area contributed by atoms with Gasteiger partial charge < -0.3 is 0 Å². The van der Waals surface area contributed by atoms with Gasteiger partial charge in [0, 0.05) is 16.7 Å². The summed E-state index contributed by atoms with van der Waals surface area (Å²) in [6.07, 6.45) is 21.9. The lowest BCUT2D eigenvalue weighted by Crippen LogP contribution is -2.18. The maximum absolute atomic E-state index is 4.99. The number of rotatable bonds is 10. The first kappa shape index (κ1) is 36.2. The molecule has 4 aromatic rings. The third-order valence-corrected chi connectivity index (χ3v) is 10.2. The van der Waals surface area contributed by atoms with Crippen LogP contribution in [0.5, 0.6) is 0 Å². The van der Waals surface area contributed by atoms with Crippen LogP contribution >= 0.6 is 0 Å². The summed E-state index contributed by atoms with van der Waals surface area (Å²) < 4.78 is 0. The van der Waals surface area contributed by atoms with Crippen LogP contribution in [0.2, 0.25) is 0 Å². The minimum absolute atomic E-state index is 0.191. The number of aliphatic imine (C=N–C) groups is 2. The molecule has 0 radical (unpaired) electrons. The van der Waals surface area contributed by atoms with Crippen molar-refractivity contribution >= 4 is 22.8 Å². The summed E-state index contributed by atoms with van der Waals surface area (Å²) in [6.45, 7) is 15.3. The summed E-state index contributed by atoms with van der Waals surface area (Å²) in [5.74, 6) is 0.695. The standard InChI is InChI=1S/C50H50N2/c1-7-8-25-48(47-26-16-15-18-36(47)2)44-24-17-23-43(35-44)41-29-33-46(34-30-41)50(5,6)45-31-27-40(28-32-45)38(4)52-49(42-21-13-10-14-22-42)51-37(3)39-19-11-9-12-20-39/h7-9,11-13,16-17,19-35H,4,10,14-15,18H2,1-3,5-6H3/b8-7-,48-25-,51-37+,52-49-. The van der Waals surface area contributed by atoms with Crippen molar-refractivity contribution in [3.05, 3.63) is 203 Å². The third-order valence-electron chi connectivity index (χ3n) is 10.2. The maximum atomic E-state index is 4.99. The van der Waals surface area contributed by atoms with Crippen molar-refractivity contribution in [1.82, 2.24) is 0 Å². The molecule has 2 aliphatic carbocycles. The molecule has 6 rings (SSSR count). The van der Waals surface area contributed by atoms with Gasteiger partial charge in [0.05, 0.1) is 5.70 Å². The molecule has 0 saturated heterocycles. The van der Waals surface area contributed by atoms with Crippen LogP contribution in [0.4, 0.5) is 0 Å². The van der Waals surface area contributed by atoms with Crippen molar-refractivity contribution in [1.29, 1.82) is 0 Å². The molecule has 260 valence electrons. The Kier molecular flexibility index (Phi) is 11.6. The molecule has 0 saturated carbocycles. The van der Waals surface area contributed by atoms with Gasteiger partial charge in [-0.3, -0.25) is 0 Å². The van der Waals surface area contributed by atoms with Gasteiger partial charge in [-0.15, -0.1) is 0 Å². The fourth-order valence-corrected chi connectivity index (χ4v) is 6.85. The van der Waals surface area contributed by atoms with Crippen LogP contribution in [0.1, 0.15) is 88.1 Å². The first-order valence-electron chi connectivity index (χ1n) is 18.5. The maximum Gasteiger partial charge on any atom is 0.159 e. The number of hydrogen-bond donors (Lipinski definition) is 0. The molecule has 52 heavy (non-hydrogen) atoms. The highest BCUT2D eigenvalue weighted by molar-refractivity contribution is 6.13. The van der Waals surface area contributed by atoms with E-state index in [1.807, 2.05) is 25.1 Å². The van der Waals surface area contributed by atoms with Crippen molar-refractivity contribution in [2.24, 2.45) is 9.98 Å². The largest absolute Gasteiger partial charge is 0.233 e. The van der Waals surface area contributed by atoms with Gasteiger partial charge in [0.2, 0.25) is 0 Å². The quantitative estimate of drug-likeness (QED) is 0.0906. The van der Waals surface area contributed by atoms with Crippen LogP contribution in [0.3, 0.4) is 0 Å². The summed E-state index contributed by atoms with van der Waals surface area (Å²) in [6, 6.07) is 37.0. The Hall–Kier alpha value is -5.60. The highest BCUT2D eigenvalue weighted by Gasteiger charge is 2.23. The number of nitrogens with zero attached hydrogens (tertiary/aromatic N) is 2. The predicted octanol–water partition coefficient (Wildman–Crippen LogP) is 13.5. The summed E-state index contributed by atoms with van der Waals surface area (Å²) in [7, 11) is 0. The van der Waals surface area contributed by atoms with Gasteiger partial charge in [-0.05, 0) is 103 Å². The number of hydrogen-bond acceptors (Lipinski definition) is 1. The van der Waals surface area contributed by atoms with E-state index in [9.17, 15) is 0 Å². The Morgan fingerprint density at radius 3 is 2.08 bits per heavy atom. The molecule has 0 spiro atoms. The van der Waals surface area contributed by atoms with Gasteiger partial charge in [-0.25, -0.2) is 9.98 Å². The Balaban J connectivity index is 1.22. The van der Waals surface area contributed by atoms with Crippen LogP contribution < -0.4 is 0 Å². The van der Waals surface area contributed by atoms with Gasteiger partial charge in [0.1, 0.15) is 0 Å². The molecule has 0 aromatic heterocycles. The molecule has 0 amide bonds. The van der Waals surface area contributed by atoms with Crippen LogP contribution in [0.25, 0.3) is 22.4 Å². The zero-order valence-electron chi connectivity index (χ0n) is 31.4. The lowest BCUT2D eigenvalue weighted by Gasteiger charge is -2.26. The molecular formula is C50H50N2. The smallest absolute Gasteiger partial charge is 0.159 e. The van der Waals surface area contributed by atoms with Crippen molar-refractivity contribution in [3.8, 4) is 11.1 Å². The Labute approximate surface area is 311 Å². The zero-order valence-corrected chi connectivity index (χ0v) is 31.4. The fourth-order valence-electron chi connectivity index (χ4n) is 6.85. The second kappa shape index (κ2) is 16.6. The van der Waals surface area contributed by atoms with E-state index in [0.717, 1.165) is 48.1 Å². The van der Waals surface area contributed by atoms with E-state index in [2.05, 4.69) is 168 Å². The van der Waals surface area contributed by atoms with Gasteiger partial charge >= 0.3 is 0 Å². The molecule has 0 N–H and O–H groups in total. The molecular weight excluding hydrogens is 629 g/mol. The second-order valence-electron chi connectivity index (χ2n) is 14.2. The van der Waals surface area contributed by atoms with E-state index in [0.29, 0.717) is 11.5 Å². The molecule has 4 aromatic carbocycles. The third kappa shape index (κ3) is 8.46. The highest BCUT2D eigenvalue weighted by Crippen LogP contribution is 2.36. The molecule has 2 heteroatoms. The summed E-state index contributed by atoms with van der Waals surface area (Å²) in [5, 5.41) is 0. The van der Waals surface area contributed by atoms with E-state index in [4.69, 9.17) is 9.98 Å². The second-order valence-corrected chi connectivity index (χ2v) is 14.2. The Morgan fingerprint density at radius 2 is 1.40 bits per heavy atom. The molecule has 0 fully saturated rings. The van der Waals surface area contributed by atoms with E-state index < -0.39 is 0 Å². The fraction of sp³-hybridized carbons (Fsp3) is 0.200. The van der Waals surface area contributed by atoms with Crippen LogP contribution in [0.15, 0.2) is 185 Å². The summed E-state index contributed by atoms with van der Waals surface area (Å²) >= 11 is 0. The minimum atomic E-state index is -0.191. The van der Waals surface area contributed by atoms with E-state index in [1.165, 1.54) is 44.5 Å². The number of benzene rings is 4. The molecule has 0 aliphatic heterocycles. The van der Waals surface area contributed by atoms with E-state index in [-0.39, 0.29) is 5.41 Å². The zero-order chi connectivity index (χ0) is 36.5. The van der Waals surface area contributed by atoms with Gasteiger partial charge in [0.25, 0.3) is 0 Å². The van der Waals surface area contributed by atoms with Crippen molar-refractivity contribution < 1.29 is 0 Å². The lowest BCUT2D eigenvalue weighted by molar-refractivity contribution is 0.641. The SMILES string of the molecule is C=C(/N=C(\N=C(/C)c1ccccc1)C1=CCCC=C1)c1ccc(C(C)(C)c2ccc(-c3cccc(/C(=C/C=C\C)C4=C(C)CCC=C4)c3)cc2)cc1. The van der Waals surface area contributed by atoms with Crippen LogP contribution in [0, 0.1) is 0 Å². The Bertz CT molecular complexity index is 2160. The van der Waals surface area contributed by atoms with E-state index >= 15 is 0 Å². The van der Waals surface area contributed by atoms with Gasteiger partial charge in [-0.1, -0.05) is 172 Å². The molecule has 0 atom stereocenters. The van der Waals surface area contributed by atoms with E-state index in [1.54, 1.807) is 0 Å². The molecule has 2 nitrogen and oxygen atoms in total. The van der Waals surface area contributed by atoms with Crippen LogP contribution in [-0.4, -0.2) is 11.5 Å². The van der Waals surface area contributed by atoms with Gasteiger partial charge in [-0.2, -0.15) is 0 Å². The topological polar surface area (TPSA) is 24.7 Å². The first-order valence-corrected chi connectivity index (χ1v) is 18.5. The molecule has 0 unspecified atom stereocenters. The summed E-state index contributed by atoms with van der Waals surface area (Å²) in [4.78, 5) is 9.98. The highest BCUT2D eigenvalue weighted by atomic mass is 14.9. The normalized spacial score (nSPS) is 15.7. The van der Waals surface area contributed by atoms with Crippen molar-refractivity contribution in [3.63, 3.8) is 0 Å². The average Bonchev–Trinajstić information content (AvgIpc) is 3.19. The van der Waals surface area contributed by atoms with Crippen molar-refractivity contribution in [2.45, 2.75) is 65.7 Å². The van der Waals surface area contributed by atoms with Gasteiger partial charge in [0.15, 0.2) is 5.84 Å². The molecule has 0 bridgehead atoms. The number of amidine groups is 1. The van der Waals surface area contributed by atoms with Crippen LogP contribution in [-0.2, 0) is 5.41 Å². The lowest BCUT2D eigenvalue weighted by atomic mass is 9.77. The predicted molar refractivity (Wildman–Crippen MR) is 226 cm³/mol. The Morgan fingerprint density at radius 1 is 0.712 bits per heavy atom. The number of allylic oxidation sites excluding steroid dienone is 10.